The van der Waals surface area contributed by atoms with Gasteiger partial charge in [0.25, 0.3) is 0 Å². The Kier molecular flexibility index (Phi) is 6.28. The molecule has 0 saturated heterocycles. The first-order valence-electron chi connectivity index (χ1n) is 7.18. The lowest BCUT2D eigenvalue weighted by molar-refractivity contribution is -0.114. The van der Waals surface area contributed by atoms with Crippen LogP contribution in [0.25, 0.3) is 0 Å². The van der Waals surface area contributed by atoms with E-state index >= 15 is 0 Å². The Morgan fingerprint density at radius 1 is 1.17 bits per heavy atom. The molecule has 0 radical (unpaired) electrons. The number of hydrogen-bond donors (Lipinski definition) is 3. The number of carbonyl (C=O) groups is 1. The van der Waals surface area contributed by atoms with Crippen LogP contribution in [-0.4, -0.2) is 17.2 Å². The fourth-order valence-corrected chi connectivity index (χ4v) is 2.25. The third-order valence-corrected chi connectivity index (χ3v) is 3.73. The van der Waals surface area contributed by atoms with Gasteiger partial charge in [-0.05, 0) is 54.5 Å². The van der Waals surface area contributed by atoms with Gasteiger partial charge < -0.3 is 10.6 Å². The summed E-state index contributed by atoms with van der Waals surface area (Å²) >= 11 is 11.3. The van der Waals surface area contributed by atoms with Crippen LogP contribution < -0.4 is 16.1 Å². The second kappa shape index (κ2) is 8.42. The Morgan fingerprint density at radius 3 is 2.54 bits per heavy atom. The van der Waals surface area contributed by atoms with Gasteiger partial charge in [-0.15, -0.1) is 0 Å². The molecule has 124 valence electrons. The molecular weight excluding hydrogens is 344 g/mol. The van der Waals surface area contributed by atoms with E-state index in [1.165, 1.54) is 6.92 Å². The van der Waals surface area contributed by atoms with Crippen molar-refractivity contribution in [2.24, 2.45) is 5.10 Å². The number of nitrogens with zero attached hydrogens (tertiary/aromatic N) is 1. The monoisotopic (exact) mass is 360 g/mol. The maximum atomic E-state index is 11.0. The SMILES string of the molecule is CC(=O)Nc1ccc(/C=N/NC(=S)Nc2cccc(Cl)c2C)cc1. The normalized spacial score (nSPS) is 10.5. The maximum Gasteiger partial charge on any atom is 0.221 e. The first-order chi connectivity index (χ1) is 11.5. The predicted molar refractivity (Wildman–Crippen MR) is 104 cm³/mol. The van der Waals surface area contributed by atoms with Crippen LogP contribution in [0.1, 0.15) is 18.1 Å². The van der Waals surface area contributed by atoms with Crippen molar-refractivity contribution in [3.8, 4) is 0 Å². The molecule has 0 aliphatic carbocycles. The number of carbonyl (C=O) groups excluding carboxylic acids is 1. The molecule has 0 atom stereocenters. The molecule has 0 bridgehead atoms. The lowest BCUT2D eigenvalue weighted by atomic mass is 10.2. The number of hydrazone groups is 1. The van der Waals surface area contributed by atoms with Crippen LogP contribution in [0.5, 0.6) is 0 Å². The third-order valence-electron chi connectivity index (χ3n) is 3.13. The first kappa shape index (κ1) is 17.9. The highest BCUT2D eigenvalue weighted by molar-refractivity contribution is 7.80. The molecule has 0 heterocycles. The first-order valence-corrected chi connectivity index (χ1v) is 7.97. The number of benzene rings is 2. The largest absolute Gasteiger partial charge is 0.331 e. The molecule has 7 heteroatoms. The van der Waals surface area contributed by atoms with Gasteiger partial charge in [0.1, 0.15) is 0 Å². The van der Waals surface area contributed by atoms with Crippen molar-refractivity contribution in [1.82, 2.24) is 5.43 Å². The van der Waals surface area contributed by atoms with E-state index < -0.39 is 0 Å². The molecule has 1 amide bonds. The maximum absolute atomic E-state index is 11.0. The molecule has 0 aliphatic heterocycles. The second-order valence-corrected chi connectivity index (χ2v) is 5.86. The summed E-state index contributed by atoms with van der Waals surface area (Å²) in [6, 6.07) is 12.8. The molecule has 5 nitrogen and oxygen atoms in total. The minimum Gasteiger partial charge on any atom is -0.331 e. The molecule has 0 fully saturated rings. The van der Waals surface area contributed by atoms with E-state index in [1.807, 2.05) is 37.3 Å². The van der Waals surface area contributed by atoms with Gasteiger partial charge >= 0.3 is 0 Å². The summed E-state index contributed by atoms with van der Waals surface area (Å²) in [7, 11) is 0. The zero-order valence-corrected chi connectivity index (χ0v) is 14.8. The zero-order chi connectivity index (χ0) is 17.5. The van der Waals surface area contributed by atoms with Gasteiger partial charge in [-0.3, -0.25) is 10.2 Å². The number of rotatable bonds is 4. The Bertz CT molecular complexity index is 775. The summed E-state index contributed by atoms with van der Waals surface area (Å²) in [5.74, 6) is -0.106. The number of hydrogen-bond acceptors (Lipinski definition) is 3. The van der Waals surface area contributed by atoms with E-state index in [1.54, 1.807) is 18.3 Å². The fourth-order valence-electron chi connectivity index (χ4n) is 1.91. The minimum absolute atomic E-state index is 0.106. The fraction of sp³-hybridized carbons (Fsp3) is 0.118. The number of thiocarbonyl (C=S) groups is 1. The van der Waals surface area contributed by atoms with Crippen molar-refractivity contribution in [2.45, 2.75) is 13.8 Å². The van der Waals surface area contributed by atoms with Crippen LogP contribution in [0.4, 0.5) is 11.4 Å². The minimum atomic E-state index is -0.106. The van der Waals surface area contributed by atoms with Crippen molar-refractivity contribution in [1.29, 1.82) is 0 Å². The third kappa shape index (κ3) is 5.33. The summed E-state index contributed by atoms with van der Waals surface area (Å²) in [5, 5.41) is 10.9. The van der Waals surface area contributed by atoms with E-state index in [9.17, 15) is 4.79 Å². The van der Waals surface area contributed by atoms with Crippen LogP contribution in [0.2, 0.25) is 5.02 Å². The molecule has 2 rings (SSSR count). The predicted octanol–water partition coefficient (Wildman–Crippen LogP) is 3.93. The van der Waals surface area contributed by atoms with Crippen LogP contribution in [0, 0.1) is 6.92 Å². The summed E-state index contributed by atoms with van der Waals surface area (Å²) in [5.41, 5.74) is 6.11. The van der Waals surface area contributed by atoms with Crippen molar-refractivity contribution in [3.63, 3.8) is 0 Å². The quantitative estimate of drug-likeness (QED) is 0.439. The number of nitrogens with one attached hydrogen (secondary N) is 3. The van der Waals surface area contributed by atoms with Gasteiger partial charge in [-0.25, -0.2) is 0 Å². The van der Waals surface area contributed by atoms with E-state index in [0.29, 0.717) is 10.1 Å². The molecule has 0 spiro atoms. The molecule has 0 aliphatic rings. The number of amides is 1. The summed E-state index contributed by atoms with van der Waals surface area (Å²) < 4.78 is 0. The van der Waals surface area contributed by atoms with E-state index in [4.69, 9.17) is 23.8 Å². The average molecular weight is 361 g/mol. The molecule has 2 aromatic carbocycles. The van der Waals surface area contributed by atoms with Gasteiger partial charge in [0, 0.05) is 23.3 Å². The lowest BCUT2D eigenvalue weighted by Gasteiger charge is -2.10. The highest BCUT2D eigenvalue weighted by atomic mass is 35.5. The van der Waals surface area contributed by atoms with Crippen LogP contribution in [0.15, 0.2) is 47.6 Å². The standard InChI is InChI=1S/C17H17ClN4OS/c1-11-15(18)4-3-5-16(11)21-17(24)22-19-10-13-6-8-14(9-7-13)20-12(2)23/h3-10H,1-2H3,(H,20,23)(H2,21,22,24)/b19-10+. The topological polar surface area (TPSA) is 65.5 Å². The summed E-state index contributed by atoms with van der Waals surface area (Å²) in [6.45, 7) is 3.38. The van der Waals surface area contributed by atoms with E-state index in [-0.39, 0.29) is 5.91 Å². The molecule has 0 saturated carbocycles. The Hall–Kier alpha value is -2.44. The van der Waals surface area contributed by atoms with Gasteiger partial charge in [0.2, 0.25) is 5.91 Å². The van der Waals surface area contributed by atoms with Crippen LogP contribution in [0.3, 0.4) is 0 Å². The van der Waals surface area contributed by atoms with Gasteiger partial charge in [0.15, 0.2) is 5.11 Å². The Labute approximate surface area is 151 Å². The van der Waals surface area contributed by atoms with Gasteiger partial charge in [-0.2, -0.15) is 5.10 Å². The lowest BCUT2D eigenvalue weighted by Crippen LogP contribution is -2.24. The van der Waals surface area contributed by atoms with E-state index in [0.717, 1.165) is 22.5 Å². The highest BCUT2D eigenvalue weighted by Gasteiger charge is 2.03. The van der Waals surface area contributed by atoms with Crippen molar-refractivity contribution in [2.75, 3.05) is 10.6 Å². The van der Waals surface area contributed by atoms with Crippen LogP contribution >= 0.6 is 23.8 Å². The van der Waals surface area contributed by atoms with E-state index in [2.05, 4.69) is 21.2 Å². The molecule has 24 heavy (non-hydrogen) atoms. The molecule has 0 unspecified atom stereocenters. The van der Waals surface area contributed by atoms with Gasteiger partial charge in [0.05, 0.1) is 6.21 Å². The summed E-state index contributed by atoms with van der Waals surface area (Å²) in [6.07, 6.45) is 1.64. The van der Waals surface area contributed by atoms with Crippen molar-refractivity contribution >= 4 is 52.4 Å². The smallest absolute Gasteiger partial charge is 0.221 e. The van der Waals surface area contributed by atoms with Gasteiger partial charge in [-0.1, -0.05) is 29.8 Å². The molecule has 2 aromatic rings. The van der Waals surface area contributed by atoms with Crippen molar-refractivity contribution < 1.29 is 4.79 Å². The summed E-state index contributed by atoms with van der Waals surface area (Å²) in [4.78, 5) is 11.0. The molecule has 3 N–H and O–H groups in total. The number of halogens is 1. The Balaban J connectivity index is 1.90. The van der Waals surface area contributed by atoms with Crippen molar-refractivity contribution in [3.05, 3.63) is 58.6 Å². The molecule has 0 aromatic heterocycles. The Morgan fingerprint density at radius 2 is 1.88 bits per heavy atom. The molecular formula is C17H17ClN4OS. The zero-order valence-electron chi connectivity index (χ0n) is 13.3. The number of anilines is 2. The second-order valence-electron chi connectivity index (χ2n) is 5.04. The highest BCUT2D eigenvalue weighted by Crippen LogP contribution is 2.22. The van der Waals surface area contributed by atoms with Crippen LogP contribution in [-0.2, 0) is 4.79 Å². The average Bonchev–Trinajstić information content (AvgIpc) is 2.53.